The van der Waals surface area contributed by atoms with Gasteiger partial charge in [-0.2, -0.15) is 0 Å². The molecule has 7 nitrogen and oxygen atoms in total. The van der Waals surface area contributed by atoms with Gasteiger partial charge in [0.15, 0.2) is 6.04 Å². The third-order valence-corrected chi connectivity index (χ3v) is 5.08. The van der Waals surface area contributed by atoms with E-state index < -0.39 is 17.9 Å². The number of hydrogen-bond donors (Lipinski definition) is 2. The third-order valence-electron chi connectivity index (χ3n) is 4.19. The molecule has 1 atom stereocenters. The molecular weight excluding hydrogens is 380 g/mol. The Morgan fingerprint density at radius 3 is 2.50 bits per heavy atom. The second-order valence-electron chi connectivity index (χ2n) is 6.02. The third kappa shape index (κ3) is 3.96. The second-order valence-corrected chi connectivity index (χ2v) is 6.88. The first kappa shape index (κ1) is 19.4. The lowest BCUT2D eigenvalue weighted by Gasteiger charge is -2.24. The quantitative estimate of drug-likeness (QED) is 0.660. The number of phenolic OH excluding ortho intramolecular Hbond substituents is 1. The van der Waals surface area contributed by atoms with Crippen molar-refractivity contribution in [2.75, 3.05) is 14.2 Å². The number of aliphatic carboxylic acids is 1. The minimum absolute atomic E-state index is 0.0694. The molecule has 2 N–H and O–H groups in total. The molecule has 0 aliphatic rings. The highest BCUT2D eigenvalue weighted by atomic mass is 32.1. The Morgan fingerprint density at radius 1 is 1.18 bits per heavy atom. The molecule has 0 saturated carbocycles. The summed E-state index contributed by atoms with van der Waals surface area (Å²) in [5, 5.41) is 21.5. The van der Waals surface area contributed by atoms with Crippen molar-refractivity contribution < 1.29 is 24.5 Å². The van der Waals surface area contributed by atoms with Crippen LogP contribution in [0.5, 0.6) is 11.5 Å². The summed E-state index contributed by atoms with van der Waals surface area (Å²) in [6.45, 7) is 0. The van der Waals surface area contributed by atoms with Crippen LogP contribution in [0.1, 0.15) is 22.1 Å². The summed E-state index contributed by atoms with van der Waals surface area (Å²) in [4.78, 5) is 30.0. The van der Waals surface area contributed by atoms with Gasteiger partial charge in [0.25, 0.3) is 5.91 Å². The molecule has 1 unspecified atom stereocenters. The fourth-order valence-electron chi connectivity index (χ4n) is 2.76. The molecule has 0 bridgehead atoms. The van der Waals surface area contributed by atoms with Crippen molar-refractivity contribution in [3.8, 4) is 22.1 Å². The van der Waals surface area contributed by atoms with Gasteiger partial charge >= 0.3 is 5.97 Å². The zero-order valence-electron chi connectivity index (χ0n) is 15.2. The van der Waals surface area contributed by atoms with Crippen molar-refractivity contribution in [1.82, 2.24) is 9.88 Å². The number of phenols is 1. The number of aromatic hydroxyl groups is 1. The molecule has 144 valence electrons. The largest absolute Gasteiger partial charge is 0.508 e. The molecule has 0 aliphatic carbocycles. The van der Waals surface area contributed by atoms with Crippen LogP contribution in [0.4, 0.5) is 0 Å². The molecule has 0 spiro atoms. The minimum Gasteiger partial charge on any atom is -0.508 e. The van der Waals surface area contributed by atoms with Gasteiger partial charge < -0.3 is 19.8 Å². The molecular formula is C20H18N2O5S. The molecule has 8 heteroatoms. The first-order valence-electron chi connectivity index (χ1n) is 8.29. The number of carbonyl (C=O) groups excluding carboxylic acids is 1. The van der Waals surface area contributed by atoms with Crippen LogP contribution in [-0.4, -0.2) is 46.1 Å². The Labute approximate surface area is 165 Å². The first-order chi connectivity index (χ1) is 13.4. The van der Waals surface area contributed by atoms with Crippen molar-refractivity contribution in [2.45, 2.75) is 6.04 Å². The molecule has 3 rings (SSSR count). The summed E-state index contributed by atoms with van der Waals surface area (Å²) >= 11 is 1.29. The predicted molar refractivity (Wildman–Crippen MR) is 105 cm³/mol. The van der Waals surface area contributed by atoms with E-state index >= 15 is 0 Å². The van der Waals surface area contributed by atoms with Crippen molar-refractivity contribution >= 4 is 23.2 Å². The van der Waals surface area contributed by atoms with Gasteiger partial charge in [-0.05, 0) is 42.0 Å². The van der Waals surface area contributed by atoms with Gasteiger partial charge in [0, 0.05) is 18.0 Å². The van der Waals surface area contributed by atoms with E-state index in [-0.39, 0.29) is 11.4 Å². The molecule has 28 heavy (non-hydrogen) atoms. The number of ether oxygens (including phenoxy) is 1. The number of nitrogens with zero attached hydrogens (tertiary/aromatic N) is 2. The summed E-state index contributed by atoms with van der Waals surface area (Å²) in [5.74, 6) is -1.08. The average Bonchev–Trinajstić information content (AvgIpc) is 3.17. The number of thiazole rings is 1. The standard InChI is InChI=1S/C20H18N2O5S/c1-22(17(20(25)26)13-4-3-5-14(23)10-13)19(24)16-11-28-18(21-16)12-6-8-15(27-2)9-7-12/h3-11,17,23H,1-2H3,(H,25,26). The number of carboxylic acids is 1. The Bertz CT molecular complexity index is 1000. The molecule has 1 amide bonds. The maximum absolute atomic E-state index is 12.8. The Kier molecular flexibility index (Phi) is 5.60. The SMILES string of the molecule is COc1ccc(-c2nc(C(=O)N(C)C(C(=O)O)c3cccc(O)c3)cs2)cc1. The van der Waals surface area contributed by atoms with Crippen LogP contribution in [0.3, 0.4) is 0 Å². The van der Waals surface area contributed by atoms with Gasteiger partial charge in [0.2, 0.25) is 0 Å². The van der Waals surface area contributed by atoms with E-state index in [1.54, 1.807) is 30.7 Å². The first-order valence-corrected chi connectivity index (χ1v) is 9.17. The molecule has 1 aromatic heterocycles. The fraction of sp³-hybridized carbons (Fsp3) is 0.150. The molecule has 0 saturated heterocycles. The van der Waals surface area contributed by atoms with Crippen molar-refractivity contribution in [3.05, 3.63) is 65.2 Å². The van der Waals surface area contributed by atoms with Gasteiger partial charge in [0.05, 0.1) is 7.11 Å². The molecule has 1 heterocycles. The van der Waals surface area contributed by atoms with Gasteiger partial charge in [-0.3, -0.25) is 4.79 Å². The molecule has 2 aromatic carbocycles. The van der Waals surface area contributed by atoms with Crippen molar-refractivity contribution in [2.24, 2.45) is 0 Å². The highest BCUT2D eigenvalue weighted by Gasteiger charge is 2.30. The lowest BCUT2D eigenvalue weighted by molar-refractivity contribution is -0.142. The van der Waals surface area contributed by atoms with Crippen LogP contribution >= 0.6 is 11.3 Å². The Morgan fingerprint density at radius 2 is 1.89 bits per heavy atom. The predicted octanol–water partition coefficient (Wildman–Crippen LogP) is 3.42. The van der Waals surface area contributed by atoms with E-state index in [0.29, 0.717) is 16.3 Å². The fourth-order valence-corrected chi connectivity index (χ4v) is 3.56. The zero-order valence-corrected chi connectivity index (χ0v) is 16.0. The highest BCUT2D eigenvalue weighted by Crippen LogP contribution is 2.28. The summed E-state index contributed by atoms with van der Waals surface area (Å²) in [6.07, 6.45) is 0. The number of carboxylic acid groups (broad SMARTS) is 1. The smallest absolute Gasteiger partial charge is 0.331 e. The van der Waals surface area contributed by atoms with E-state index in [2.05, 4.69) is 4.98 Å². The number of benzene rings is 2. The zero-order chi connectivity index (χ0) is 20.3. The van der Waals surface area contributed by atoms with Gasteiger partial charge in [0.1, 0.15) is 22.2 Å². The number of rotatable bonds is 6. The van der Waals surface area contributed by atoms with Crippen molar-refractivity contribution in [3.63, 3.8) is 0 Å². The summed E-state index contributed by atoms with van der Waals surface area (Å²) in [6, 6.07) is 11.9. The van der Waals surface area contributed by atoms with Crippen LogP contribution in [0, 0.1) is 0 Å². The number of carbonyl (C=O) groups is 2. The van der Waals surface area contributed by atoms with E-state index in [9.17, 15) is 19.8 Å². The number of methoxy groups -OCH3 is 1. The van der Waals surface area contributed by atoms with Crippen LogP contribution < -0.4 is 4.74 Å². The van der Waals surface area contributed by atoms with Gasteiger partial charge in [-0.15, -0.1) is 11.3 Å². The van der Waals surface area contributed by atoms with Crippen LogP contribution in [0.15, 0.2) is 53.9 Å². The maximum Gasteiger partial charge on any atom is 0.331 e. The normalized spacial score (nSPS) is 11.6. The average molecular weight is 398 g/mol. The number of hydrogen-bond acceptors (Lipinski definition) is 6. The number of amides is 1. The molecule has 0 radical (unpaired) electrons. The van der Waals surface area contributed by atoms with Crippen LogP contribution in [0.2, 0.25) is 0 Å². The lowest BCUT2D eigenvalue weighted by Crippen LogP contribution is -2.36. The number of aromatic nitrogens is 1. The van der Waals surface area contributed by atoms with E-state index in [1.807, 2.05) is 12.1 Å². The number of likely N-dealkylation sites (N-methyl/N-ethyl adjacent to an activating group) is 1. The molecule has 0 aliphatic heterocycles. The van der Waals surface area contributed by atoms with Crippen LogP contribution in [-0.2, 0) is 4.79 Å². The van der Waals surface area contributed by atoms with Crippen molar-refractivity contribution in [1.29, 1.82) is 0 Å². The van der Waals surface area contributed by atoms with Crippen LogP contribution in [0.25, 0.3) is 10.6 Å². The minimum atomic E-state index is -1.24. The summed E-state index contributed by atoms with van der Waals surface area (Å²) in [7, 11) is 2.98. The lowest BCUT2D eigenvalue weighted by atomic mass is 10.1. The van der Waals surface area contributed by atoms with Gasteiger partial charge in [-0.25, -0.2) is 9.78 Å². The van der Waals surface area contributed by atoms with E-state index in [4.69, 9.17) is 4.74 Å². The molecule has 3 aromatic rings. The monoisotopic (exact) mass is 398 g/mol. The maximum atomic E-state index is 12.8. The van der Waals surface area contributed by atoms with Gasteiger partial charge in [-0.1, -0.05) is 12.1 Å². The van der Waals surface area contributed by atoms with E-state index in [1.165, 1.54) is 36.6 Å². The second kappa shape index (κ2) is 8.10. The van der Waals surface area contributed by atoms with E-state index in [0.717, 1.165) is 10.5 Å². The summed E-state index contributed by atoms with van der Waals surface area (Å²) < 4.78 is 5.13. The topological polar surface area (TPSA) is 100.0 Å². The molecule has 0 fully saturated rings. The summed E-state index contributed by atoms with van der Waals surface area (Å²) in [5.41, 5.74) is 1.29. The highest BCUT2D eigenvalue weighted by molar-refractivity contribution is 7.13. The Balaban J connectivity index is 1.86. The Hall–Kier alpha value is -3.39.